The molecule has 150 valence electrons. The van der Waals surface area contributed by atoms with Crippen molar-refractivity contribution in [2.24, 2.45) is 0 Å². The van der Waals surface area contributed by atoms with Crippen molar-refractivity contribution in [2.45, 2.75) is 46.8 Å². The molecule has 2 rings (SSSR count). The fourth-order valence-electron chi connectivity index (χ4n) is 2.96. The summed E-state index contributed by atoms with van der Waals surface area (Å²) < 4.78 is 16.0. The zero-order valence-corrected chi connectivity index (χ0v) is 17.9. The molecule has 1 aromatic heterocycles. The van der Waals surface area contributed by atoms with E-state index in [1.807, 2.05) is 18.7 Å². The highest BCUT2D eigenvalue weighted by molar-refractivity contribution is 7.80. The molecule has 1 aromatic rings. The molecule has 0 bridgehead atoms. The molecule has 7 nitrogen and oxygen atoms in total. The number of nitrogens with zero attached hydrogens (tertiary/aromatic N) is 1. The number of morpholine rings is 1. The second kappa shape index (κ2) is 9.48. The van der Waals surface area contributed by atoms with Gasteiger partial charge in [-0.3, -0.25) is 0 Å². The maximum absolute atomic E-state index is 12.5. The van der Waals surface area contributed by atoms with E-state index in [2.05, 4.69) is 5.32 Å². The van der Waals surface area contributed by atoms with Crippen molar-refractivity contribution in [3.05, 3.63) is 16.0 Å². The van der Waals surface area contributed by atoms with Gasteiger partial charge in [-0.25, -0.2) is 9.59 Å². The van der Waals surface area contributed by atoms with Crippen LogP contribution in [0.15, 0.2) is 0 Å². The minimum atomic E-state index is -0.490. The Morgan fingerprint density at radius 2 is 1.74 bits per heavy atom. The van der Waals surface area contributed by atoms with Gasteiger partial charge < -0.3 is 24.4 Å². The van der Waals surface area contributed by atoms with Crippen LogP contribution < -0.4 is 5.32 Å². The Balaban J connectivity index is 2.30. The molecule has 0 aromatic carbocycles. The van der Waals surface area contributed by atoms with Gasteiger partial charge in [0.05, 0.1) is 31.0 Å². The standard InChI is InChI=1S/C18H26N2O5S2/c1-6-23-16(21)13-12(5)14(17(22)24-7-2)27-15(13)19-18(26)20-8-10(3)25-11(4)9-20/h10-11H,6-9H2,1-5H3,(H,19,26). The van der Waals surface area contributed by atoms with Gasteiger partial charge in [0.25, 0.3) is 0 Å². The van der Waals surface area contributed by atoms with Crippen LogP contribution >= 0.6 is 23.6 Å². The van der Waals surface area contributed by atoms with E-state index in [1.165, 1.54) is 0 Å². The third kappa shape index (κ3) is 5.18. The molecular formula is C18H26N2O5S2. The van der Waals surface area contributed by atoms with E-state index in [9.17, 15) is 9.59 Å². The summed E-state index contributed by atoms with van der Waals surface area (Å²) >= 11 is 6.69. The topological polar surface area (TPSA) is 77.1 Å². The van der Waals surface area contributed by atoms with Crippen LogP contribution in [0.5, 0.6) is 0 Å². The Bertz CT molecular complexity index is 709. The van der Waals surface area contributed by atoms with Crippen LogP contribution in [0.3, 0.4) is 0 Å². The lowest BCUT2D eigenvalue weighted by Crippen LogP contribution is -2.49. The van der Waals surface area contributed by atoms with E-state index in [1.54, 1.807) is 20.8 Å². The number of carbonyl (C=O) groups excluding carboxylic acids is 2. The molecule has 9 heteroatoms. The van der Waals surface area contributed by atoms with Crippen LogP contribution in [-0.2, 0) is 14.2 Å². The summed E-state index contributed by atoms with van der Waals surface area (Å²) in [6.07, 6.45) is 0.108. The quantitative estimate of drug-likeness (QED) is 0.581. The SMILES string of the molecule is CCOC(=O)c1sc(NC(=S)N2CC(C)OC(C)C2)c(C(=O)OCC)c1C. The first-order chi connectivity index (χ1) is 12.8. The number of ether oxygens (including phenoxy) is 3. The van der Waals surface area contributed by atoms with Gasteiger partial charge in [0, 0.05) is 13.1 Å². The van der Waals surface area contributed by atoms with Crippen molar-refractivity contribution in [1.29, 1.82) is 0 Å². The lowest BCUT2D eigenvalue weighted by Gasteiger charge is -2.36. The largest absolute Gasteiger partial charge is 0.462 e. The highest BCUT2D eigenvalue weighted by Gasteiger charge is 2.29. The third-order valence-electron chi connectivity index (χ3n) is 4.01. The first-order valence-corrected chi connectivity index (χ1v) is 10.2. The van der Waals surface area contributed by atoms with E-state index in [4.69, 9.17) is 26.4 Å². The number of hydrogen-bond donors (Lipinski definition) is 1. The molecule has 1 aliphatic rings. The van der Waals surface area contributed by atoms with Crippen molar-refractivity contribution in [3.8, 4) is 0 Å². The second-order valence-electron chi connectivity index (χ2n) is 6.29. The summed E-state index contributed by atoms with van der Waals surface area (Å²) in [7, 11) is 0. The van der Waals surface area contributed by atoms with Gasteiger partial charge in [-0.15, -0.1) is 11.3 Å². The molecule has 0 saturated carbocycles. The highest BCUT2D eigenvalue weighted by Crippen LogP contribution is 2.34. The maximum atomic E-state index is 12.5. The second-order valence-corrected chi connectivity index (χ2v) is 7.70. The normalized spacial score (nSPS) is 19.5. The van der Waals surface area contributed by atoms with Crippen molar-refractivity contribution in [3.63, 3.8) is 0 Å². The van der Waals surface area contributed by atoms with Gasteiger partial charge in [0.15, 0.2) is 5.11 Å². The molecule has 0 aliphatic carbocycles. The third-order valence-corrected chi connectivity index (χ3v) is 5.56. The average Bonchev–Trinajstić information content (AvgIpc) is 2.90. The zero-order chi connectivity index (χ0) is 20.1. The zero-order valence-electron chi connectivity index (χ0n) is 16.3. The van der Waals surface area contributed by atoms with Gasteiger partial charge in [-0.2, -0.15) is 0 Å². The molecule has 1 N–H and O–H groups in total. The van der Waals surface area contributed by atoms with Crippen LogP contribution in [0.2, 0.25) is 0 Å². The fraction of sp³-hybridized carbons (Fsp3) is 0.611. The number of nitrogens with one attached hydrogen (secondary N) is 1. The summed E-state index contributed by atoms with van der Waals surface area (Å²) in [4.78, 5) is 27.1. The van der Waals surface area contributed by atoms with Gasteiger partial charge in [0.2, 0.25) is 0 Å². The van der Waals surface area contributed by atoms with Crippen LogP contribution in [-0.4, -0.2) is 60.5 Å². The Morgan fingerprint density at radius 1 is 1.19 bits per heavy atom. The van der Waals surface area contributed by atoms with Gasteiger partial charge >= 0.3 is 11.9 Å². The van der Waals surface area contributed by atoms with Crippen molar-refractivity contribution < 1.29 is 23.8 Å². The Hall–Kier alpha value is -1.71. The number of hydrogen-bond acceptors (Lipinski definition) is 7. The predicted molar refractivity (Wildman–Crippen MR) is 109 cm³/mol. The number of thiocarbonyl (C=S) groups is 1. The van der Waals surface area contributed by atoms with Crippen LogP contribution in [0.25, 0.3) is 0 Å². The molecular weight excluding hydrogens is 388 g/mol. The fourth-order valence-corrected chi connectivity index (χ4v) is 4.37. The number of rotatable bonds is 5. The maximum Gasteiger partial charge on any atom is 0.348 e. The van der Waals surface area contributed by atoms with Crippen LogP contribution in [0, 0.1) is 6.92 Å². The number of esters is 2. The summed E-state index contributed by atoms with van der Waals surface area (Å²) in [5.41, 5.74) is 0.854. The van der Waals surface area contributed by atoms with Crippen molar-refractivity contribution in [2.75, 3.05) is 31.6 Å². The molecule has 0 spiro atoms. The molecule has 1 fully saturated rings. The smallest absolute Gasteiger partial charge is 0.348 e. The molecule has 1 aliphatic heterocycles. The molecule has 2 atom stereocenters. The summed E-state index contributed by atoms with van der Waals surface area (Å²) in [6.45, 7) is 11.0. The number of anilines is 1. The average molecular weight is 415 g/mol. The molecule has 0 amide bonds. The molecule has 27 heavy (non-hydrogen) atoms. The van der Waals surface area contributed by atoms with E-state index in [-0.39, 0.29) is 25.4 Å². The lowest BCUT2D eigenvalue weighted by atomic mass is 10.1. The molecule has 2 heterocycles. The van der Waals surface area contributed by atoms with Crippen molar-refractivity contribution in [1.82, 2.24) is 4.90 Å². The predicted octanol–water partition coefficient (Wildman–Crippen LogP) is 3.22. The first-order valence-electron chi connectivity index (χ1n) is 8.97. The van der Waals surface area contributed by atoms with Gasteiger partial charge in [-0.05, 0) is 52.4 Å². The Labute approximate surface area is 169 Å². The Kier molecular flexibility index (Phi) is 7.58. The summed E-state index contributed by atoms with van der Waals surface area (Å²) in [5, 5.41) is 4.11. The van der Waals surface area contributed by atoms with E-state index in [0.717, 1.165) is 11.3 Å². The molecule has 2 unspecified atom stereocenters. The molecule has 0 radical (unpaired) electrons. The first kappa shape index (κ1) is 21.6. The van der Waals surface area contributed by atoms with Crippen LogP contribution in [0.1, 0.15) is 53.3 Å². The summed E-state index contributed by atoms with van der Waals surface area (Å²) in [5.74, 6) is -0.950. The number of thiophene rings is 1. The van der Waals surface area contributed by atoms with E-state index in [0.29, 0.717) is 39.2 Å². The minimum absolute atomic E-state index is 0.0539. The monoisotopic (exact) mass is 414 g/mol. The van der Waals surface area contributed by atoms with Gasteiger partial charge in [0.1, 0.15) is 9.88 Å². The minimum Gasteiger partial charge on any atom is -0.462 e. The lowest BCUT2D eigenvalue weighted by molar-refractivity contribution is -0.0473. The highest BCUT2D eigenvalue weighted by atomic mass is 32.1. The van der Waals surface area contributed by atoms with Crippen LogP contribution in [0.4, 0.5) is 5.00 Å². The van der Waals surface area contributed by atoms with E-state index >= 15 is 0 Å². The number of carbonyl (C=O) groups is 2. The van der Waals surface area contributed by atoms with Gasteiger partial charge in [-0.1, -0.05) is 0 Å². The molecule has 1 saturated heterocycles. The summed E-state index contributed by atoms with van der Waals surface area (Å²) in [6, 6.07) is 0. The van der Waals surface area contributed by atoms with Crippen molar-refractivity contribution >= 4 is 45.6 Å². The Morgan fingerprint density at radius 3 is 2.30 bits per heavy atom. The van der Waals surface area contributed by atoms with E-state index < -0.39 is 11.9 Å².